The number of anilines is 1. The summed E-state index contributed by atoms with van der Waals surface area (Å²) in [6.45, 7) is 2.27. The molecule has 9 nitrogen and oxygen atoms in total. The van der Waals surface area contributed by atoms with Gasteiger partial charge in [0.15, 0.2) is 5.82 Å². The van der Waals surface area contributed by atoms with E-state index >= 15 is 0 Å². The van der Waals surface area contributed by atoms with Gasteiger partial charge in [0.05, 0.1) is 18.1 Å². The molecule has 31 heavy (non-hydrogen) atoms. The predicted molar refractivity (Wildman–Crippen MR) is 113 cm³/mol. The Morgan fingerprint density at radius 1 is 1.16 bits per heavy atom. The maximum absolute atomic E-state index is 12.3. The first-order chi connectivity index (χ1) is 15.0. The number of carbonyl (C=O) groups is 1. The molecule has 1 aliphatic rings. The number of aryl methyl sites for hydroxylation is 1. The van der Waals surface area contributed by atoms with E-state index < -0.39 is 4.92 Å². The van der Waals surface area contributed by atoms with Crippen molar-refractivity contribution in [1.82, 2.24) is 9.97 Å². The lowest BCUT2D eigenvalue weighted by atomic mass is 10.2. The van der Waals surface area contributed by atoms with E-state index in [4.69, 9.17) is 9.47 Å². The average Bonchev–Trinajstić information content (AvgIpc) is 2.78. The summed E-state index contributed by atoms with van der Waals surface area (Å²) in [6, 6.07) is 16.9. The molecule has 0 unspecified atom stereocenters. The van der Waals surface area contributed by atoms with Gasteiger partial charge in [0.2, 0.25) is 5.82 Å². The smallest absolute Gasteiger partial charge is 0.333 e. The van der Waals surface area contributed by atoms with E-state index in [1.165, 1.54) is 11.8 Å². The molecule has 1 saturated heterocycles. The van der Waals surface area contributed by atoms with Crippen molar-refractivity contribution in [3.63, 3.8) is 0 Å². The molecule has 0 radical (unpaired) electrons. The summed E-state index contributed by atoms with van der Waals surface area (Å²) in [5.41, 5.74) is 1.56. The number of nitro groups is 1. The molecular weight excluding hydrogens is 400 g/mol. The number of aromatic nitrogens is 2. The molecule has 9 heteroatoms. The number of amides is 1. The van der Waals surface area contributed by atoms with Gasteiger partial charge < -0.3 is 9.47 Å². The number of carbonyl (C=O) groups excluding carboxylic acids is 1. The van der Waals surface area contributed by atoms with Gasteiger partial charge >= 0.3 is 5.69 Å². The number of ether oxygens (including phenoxy) is 2. The molecule has 0 atom stereocenters. The van der Waals surface area contributed by atoms with Crippen molar-refractivity contribution in [2.75, 3.05) is 24.7 Å². The van der Waals surface area contributed by atoms with E-state index in [2.05, 4.69) is 9.97 Å². The monoisotopic (exact) mass is 420 g/mol. The summed E-state index contributed by atoms with van der Waals surface area (Å²) >= 11 is 0. The van der Waals surface area contributed by atoms with Gasteiger partial charge in [0, 0.05) is 5.56 Å². The van der Waals surface area contributed by atoms with Crippen molar-refractivity contribution in [2.24, 2.45) is 0 Å². The maximum atomic E-state index is 12.3. The van der Waals surface area contributed by atoms with Gasteiger partial charge in [-0.1, -0.05) is 42.5 Å². The summed E-state index contributed by atoms with van der Waals surface area (Å²) in [6.07, 6.45) is 0. The molecule has 2 aromatic carbocycles. The first-order valence-corrected chi connectivity index (χ1v) is 9.71. The molecule has 0 bridgehead atoms. The Kier molecular flexibility index (Phi) is 5.85. The molecular formula is C22H20N4O5. The van der Waals surface area contributed by atoms with Gasteiger partial charge in [-0.05, 0) is 24.6 Å². The van der Waals surface area contributed by atoms with E-state index in [0.29, 0.717) is 17.9 Å². The van der Waals surface area contributed by atoms with Crippen LogP contribution >= 0.6 is 0 Å². The Hall–Kier alpha value is -3.85. The van der Waals surface area contributed by atoms with Crippen LogP contribution in [0, 0.1) is 17.0 Å². The fourth-order valence-electron chi connectivity index (χ4n) is 3.29. The molecule has 0 aliphatic carbocycles. The summed E-state index contributed by atoms with van der Waals surface area (Å²) in [7, 11) is 0. The standard InChI is InChI=1S/C22H20N4O5/c1-15-20(26(28)29)22(25-10-11-30-14-19(25)27)24-21(23-15)17-8-5-9-18(12-17)31-13-16-6-3-2-4-7-16/h2-9,12H,10-11,13-14H2,1H3. The largest absolute Gasteiger partial charge is 0.489 e. The van der Waals surface area contributed by atoms with E-state index in [-0.39, 0.29) is 48.7 Å². The van der Waals surface area contributed by atoms with E-state index in [1.54, 1.807) is 18.2 Å². The van der Waals surface area contributed by atoms with Crippen LogP contribution in [0.3, 0.4) is 0 Å². The van der Waals surface area contributed by atoms with E-state index in [0.717, 1.165) is 5.56 Å². The zero-order valence-corrected chi connectivity index (χ0v) is 16.9. The third-order valence-corrected chi connectivity index (χ3v) is 4.80. The minimum Gasteiger partial charge on any atom is -0.489 e. The van der Waals surface area contributed by atoms with Crippen LogP contribution in [0.15, 0.2) is 54.6 Å². The second-order valence-electron chi connectivity index (χ2n) is 6.96. The molecule has 1 fully saturated rings. The third kappa shape index (κ3) is 4.51. The molecule has 1 aliphatic heterocycles. The van der Waals surface area contributed by atoms with Crippen molar-refractivity contribution >= 4 is 17.4 Å². The van der Waals surface area contributed by atoms with Crippen LogP contribution in [0.5, 0.6) is 5.75 Å². The van der Waals surface area contributed by atoms with Crippen LogP contribution in [-0.2, 0) is 16.1 Å². The summed E-state index contributed by atoms with van der Waals surface area (Å²) in [4.78, 5) is 33.4. The number of morpholine rings is 1. The van der Waals surface area contributed by atoms with Gasteiger partial charge in [0.1, 0.15) is 24.7 Å². The van der Waals surface area contributed by atoms with Crippen LogP contribution in [-0.4, -0.2) is 40.6 Å². The Balaban J connectivity index is 1.68. The summed E-state index contributed by atoms with van der Waals surface area (Å²) in [5, 5.41) is 11.7. The maximum Gasteiger partial charge on any atom is 0.333 e. The Morgan fingerprint density at radius 2 is 1.97 bits per heavy atom. The number of hydrogen-bond acceptors (Lipinski definition) is 7. The molecule has 1 aromatic heterocycles. The third-order valence-electron chi connectivity index (χ3n) is 4.80. The van der Waals surface area contributed by atoms with Crippen LogP contribution in [0.25, 0.3) is 11.4 Å². The molecule has 2 heterocycles. The zero-order valence-electron chi connectivity index (χ0n) is 16.9. The van der Waals surface area contributed by atoms with Gasteiger partial charge in [0.25, 0.3) is 5.91 Å². The molecule has 0 spiro atoms. The number of hydrogen-bond donors (Lipinski definition) is 0. The first kappa shape index (κ1) is 20.4. The average molecular weight is 420 g/mol. The van der Waals surface area contributed by atoms with Crippen molar-refractivity contribution in [3.05, 3.63) is 76.0 Å². The minimum atomic E-state index is -0.559. The van der Waals surface area contributed by atoms with Crippen molar-refractivity contribution in [2.45, 2.75) is 13.5 Å². The number of rotatable bonds is 6. The Morgan fingerprint density at radius 3 is 2.71 bits per heavy atom. The highest BCUT2D eigenvalue weighted by Crippen LogP contribution is 2.33. The fraction of sp³-hybridized carbons (Fsp3) is 0.227. The topological polar surface area (TPSA) is 108 Å². The van der Waals surface area contributed by atoms with Crippen LogP contribution in [0.1, 0.15) is 11.3 Å². The second kappa shape index (κ2) is 8.88. The lowest BCUT2D eigenvalue weighted by molar-refractivity contribution is -0.385. The van der Waals surface area contributed by atoms with Crippen LogP contribution in [0.4, 0.5) is 11.5 Å². The first-order valence-electron chi connectivity index (χ1n) is 9.71. The zero-order chi connectivity index (χ0) is 21.8. The molecule has 0 N–H and O–H groups in total. The van der Waals surface area contributed by atoms with Gasteiger partial charge in [-0.2, -0.15) is 0 Å². The highest BCUT2D eigenvalue weighted by atomic mass is 16.6. The van der Waals surface area contributed by atoms with Crippen molar-refractivity contribution in [3.8, 4) is 17.1 Å². The van der Waals surface area contributed by atoms with Crippen LogP contribution < -0.4 is 9.64 Å². The van der Waals surface area contributed by atoms with Crippen LogP contribution in [0.2, 0.25) is 0 Å². The van der Waals surface area contributed by atoms with Gasteiger partial charge in [-0.3, -0.25) is 19.8 Å². The highest BCUT2D eigenvalue weighted by Gasteiger charge is 2.31. The van der Waals surface area contributed by atoms with Crippen molar-refractivity contribution in [1.29, 1.82) is 0 Å². The number of benzene rings is 2. The quantitative estimate of drug-likeness (QED) is 0.445. The van der Waals surface area contributed by atoms with E-state index in [1.807, 2.05) is 36.4 Å². The number of nitrogens with zero attached hydrogens (tertiary/aromatic N) is 4. The van der Waals surface area contributed by atoms with Gasteiger partial charge in [-0.25, -0.2) is 9.97 Å². The Bertz CT molecular complexity index is 1120. The minimum absolute atomic E-state index is 0.0172. The fourth-order valence-corrected chi connectivity index (χ4v) is 3.29. The summed E-state index contributed by atoms with van der Waals surface area (Å²) < 4.78 is 11.0. The molecule has 0 saturated carbocycles. The molecule has 158 valence electrons. The normalized spacial score (nSPS) is 13.8. The summed E-state index contributed by atoms with van der Waals surface area (Å²) in [5.74, 6) is 0.502. The Labute approximate surface area is 178 Å². The molecule has 1 amide bonds. The lowest BCUT2D eigenvalue weighted by Crippen LogP contribution is -2.42. The highest BCUT2D eigenvalue weighted by molar-refractivity contribution is 5.96. The SMILES string of the molecule is Cc1nc(-c2cccc(OCc3ccccc3)c2)nc(N2CCOCC2=O)c1[N+](=O)[O-]. The predicted octanol–water partition coefficient (Wildman–Crippen LogP) is 3.30. The van der Waals surface area contributed by atoms with E-state index in [9.17, 15) is 14.9 Å². The second-order valence-corrected chi connectivity index (χ2v) is 6.96. The molecule has 4 rings (SSSR count). The van der Waals surface area contributed by atoms with Crippen molar-refractivity contribution < 1.29 is 19.2 Å². The molecule has 3 aromatic rings. The lowest BCUT2D eigenvalue weighted by Gasteiger charge is -2.26. The van der Waals surface area contributed by atoms with Gasteiger partial charge in [-0.15, -0.1) is 0 Å².